The van der Waals surface area contributed by atoms with Gasteiger partial charge in [-0.2, -0.15) is 0 Å². The molecule has 0 fully saturated rings. The maximum atomic E-state index is 12.2. The quantitative estimate of drug-likeness (QED) is 0.612. The van der Waals surface area contributed by atoms with E-state index in [-0.39, 0.29) is 0 Å². The molecule has 1 aromatic rings. The van der Waals surface area contributed by atoms with E-state index in [9.17, 15) is 4.57 Å². The van der Waals surface area contributed by atoms with Crippen LogP contribution >= 0.6 is 39.0 Å². The zero-order valence-corrected chi connectivity index (χ0v) is 11.4. The summed E-state index contributed by atoms with van der Waals surface area (Å²) in [4.78, 5) is 0. The molecular weight excluding hydrogens is 315 g/mol. The topological polar surface area (TPSA) is 17.1 Å². The summed E-state index contributed by atoms with van der Waals surface area (Å²) in [5.74, 6) is 0. The fourth-order valence-electron chi connectivity index (χ4n) is 0.986. The Balaban J connectivity index is 3.07. The molecule has 72 valence electrons. The lowest BCUT2D eigenvalue weighted by Gasteiger charge is -2.12. The van der Waals surface area contributed by atoms with E-state index >= 15 is 0 Å². The smallest absolute Gasteiger partial charge is 0.135 e. The van der Waals surface area contributed by atoms with Gasteiger partial charge >= 0.3 is 0 Å². The molecule has 0 atom stereocenters. The van der Waals surface area contributed by atoms with Gasteiger partial charge in [0.25, 0.3) is 0 Å². The maximum Gasteiger partial charge on any atom is 0.135 e. The maximum absolute atomic E-state index is 12.2. The molecule has 0 radical (unpaired) electrons. The lowest BCUT2D eigenvalue weighted by molar-refractivity contribution is 0.587. The van der Waals surface area contributed by atoms with Crippen molar-refractivity contribution < 1.29 is 4.57 Å². The van der Waals surface area contributed by atoms with Crippen molar-refractivity contribution in [2.75, 3.05) is 10.1 Å². The van der Waals surface area contributed by atoms with Crippen LogP contribution in [0.2, 0.25) is 0 Å². The summed E-state index contributed by atoms with van der Waals surface area (Å²) >= 11 is 6.59. The molecule has 0 spiro atoms. The van der Waals surface area contributed by atoms with Gasteiger partial charge in [-0.15, -0.1) is 0 Å². The number of halogens is 2. The largest absolute Gasteiger partial charge is 0.317 e. The van der Waals surface area contributed by atoms with Gasteiger partial charge in [-0.3, -0.25) is 0 Å². The van der Waals surface area contributed by atoms with Gasteiger partial charge in [0.15, 0.2) is 0 Å². The predicted octanol–water partition coefficient (Wildman–Crippen LogP) is 3.69. The van der Waals surface area contributed by atoms with Crippen molar-refractivity contribution in [1.29, 1.82) is 0 Å². The van der Waals surface area contributed by atoms with E-state index in [0.29, 0.717) is 10.1 Å². The highest BCUT2D eigenvalue weighted by Gasteiger charge is 2.21. The summed E-state index contributed by atoms with van der Waals surface area (Å²) in [6.07, 6.45) is 0. The number of rotatable bonds is 3. The molecule has 0 unspecified atom stereocenters. The van der Waals surface area contributed by atoms with Crippen LogP contribution in [0.4, 0.5) is 0 Å². The minimum absolute atomic E-state index is 0.536. The zero-order valence-electron chi connectivity index (χ0n) is 7.34. The number of hydrogen-bond acceptors (Lipinski definition) is 1. The van der Waals surface area contributed by atoms with Crippen LogP contribution in [0.15, 0.2) is 24.3 Å². The molecule has 0 amide bonds. The van der Waals surface area contributed by atoms with Crippen molar-refractivity contribution in [3.05, 3.63) is 29.8 Å². The number of hydrogen-bond donors (Lipinski definition) is 0. The second-order valence-corrected chi connectivity index (χ2v) is 8.75. The van der Waals surface area contributed by atoms with Crippen molar-refractivity contribution in [3.63, 3.8) is 0 Å². The molecule has 0 aliphatic heterocycles. The van der Waals surface area contributed by atoms with Gasteiger partial charge in [0.05, 0.1) is 10.1 Å². The third-order valence-corrected chi connectivity index (χ3v) is 8.76. The first-order valence-corrected chi connectivity index (χ1v) is 8.21. The van der Waals surface area contributed by atoms with Gasteiger partial charge in [0.1, 0.15) is 7.14 Å². The molecule has 0 aromatic heterocycles. The van der Waals surface area contributed by atoms with Crippen LogP contribution in [-0.2, 0) is 4.57 Å². The molecule has 1 rings (SSSR count). The van der Waals surface area contributed by atoms with Crippen molar-refractivity contribution in [1.82, 2.24) is 0 Å². The van der Waals surface area contributed by atoms with Crippen LogP contribution < -0.4 is 5.30 Å². The molecule has 13 heavy (non-hydrogen) atoms. The third kappa shape index (κ3) is 2.68. The molecule has 0 saturated heterocycles. The molecule has 0 heterocycles. The van der Waals surface area contributed by atoms with E-state index < -0.39 is 7.14 Å². The highest BCUT2D eigenvalue weighted by Crippen LogP contribution is 2.47. The molecular formula is C9H11Br2OP. The number of aryl methyl sites for hydroxylation is 1. The Kier molecular flexibility index (Phi) is 4.21. The van der Waals surface area contributed by atoms with E-state index in [4.69, 9.17) is 0 Å². The van der Waals surface area contributed by atoms with Gasteiger partial charge in [0, 0.05) is 5.30 Å². The Bertz CT molecular complexity index is 313. The Morgan fingerprint density at radius 1 is 1.15 bits per heavy atom. The SMILES string of the molecule is Cc1ccc(P(=O)(CBr)CBr)cc1. The Morgan fingerprint density at radius 2 is 1.62 bits per heavy atom. The normalized spacial score (nSPS) is 11.6. The molecule has 0 N–H and O–H groups in total. The highest BCUT2D eigenvalue weighted by molar-refractivity contribution is 9.12. The highest BCUT2D eigenvalue weighted by atomic mass is 79.9. The van der Waals surface area contributed by atoms with Crippen LogP contribution in [-0.4, -0.2) is 10.1 Å². The molecule has 1 aromatic carbocycles. The first kappa shape index (κ1) is 11.5. The van der Waals surface area contributed by atoms with Gasteiger partial charge in [0.2, 0.25) is 0 Å². The Hall–Kier alpha value is 0.410. The van der Waals surface area contributed by atoms with Crippen molar-refractivity contribution >= 4 is 44.3 Å². The standard InChI is InChI=1S/C9H11Br2OP/c1-8-2-4-9(5-3-8)13(12,6-10)7-11/h2-5H,6-7H2,1H3. The number of benzene rings is 1. The third-order valence-electron chi connectivity index (χ3n) is 1.89. The fourth-order valence-corrected chi connectivity index (χ4v) is 6.25. The minimum Gasteiger partial charge on any atom is -0.317 e. The fraction of sp³-hybridized carbons (Fsp3) is 0.333. The Morgan fingerprint density at radius 3 is 2.00 bits per heavy atom. The second kappa shape index (κ2) is 4.77. The van der Waals surface area contributed by atoms with E-state index in [1.807, 2.05) is 31.2 Å². The minimum atomic E-state index is -2.22. The van der Waals surface area contributed by atoms with E-state index in [0.717, 1.165) is 5.30 Å². The molecule has 0 aliphatic rings. The monoisotopic (exact) mass is 324 g/mol. The van der Waals surface area contributed by atoms with Gasteiger partial charge in [-0.1, -0.05) is 61.7 Å². The van der Waals surface area contributed by atoms with E-state index in [1.165, 1.54) is 5.56 Å². The molecule has 0 bridgehead atoms. The van der Waals surface area contributed by atoms with Gasteiger partial charge in [-0.05, 0) is 6.92 Å². The van der Waals surface area contributed by atoms with Crippen molar-refractivity contribution in [2.45, 2.75) is 6.92 Å². The molecule has 0 aliphatic carbocycles. The first-order valence-electron chi connectivity index (χ1n) is 3.89. The summed E-state index contributed by atoms with van der Waals surface area (Å²) in [5, 5.41) is 2.01. The van der Waals surface area contributed by atoms with Crippen LogP contribution in [0.25, 0.3) is 0 Å². The number of alkyl halides is 2. The zero-order chi connectivity index (χ0) is 9.90. The van der Waals surface area contributed by atoms with Crippen LogP contribution in [0.1, 0.15) is 5.56 Å². The summed E-state index contributed by atoms with van der Waals surface area (Å²) in [7, 11) is -2.22. The average molecular weight is 326 g/mol. The summed E-state index contributed by atoms with van der Waals surface area (Å²) in [5.41, 5.74) is 1.19. The first-order chi connectivity index (χ1) is 6.12. The van der Waals surface area contributed by atoms with Crippen LogP contribution in [0, 0.1) is 6.92 Å². The lowest BCUT2D eigenvalue weighted by atomic mass is 10.2. The van der Waals surface area contributed by atoms with E-state index in [1.54, 1.807) is 0 Å². The molecule has 1 nitrogen and oxygen atoms in total. The van der Waals surface area contributed by atoms with Crippen LogP contribution in [0.5, 0.6) is 0 Å². The molecule has 0 saturated carbocycles. The summed E-state index contributed by atoms with van der Waals surface area (Å²) < 4.78 is 12.2. The predicted molar refractivity (Wildman–Crippen MR) is 66.0 cm³/mol. The van der Waals surface area contributed by atoms with Crippen LogP contribution in [0.3, 0.4) is 0 Å². The lowest BCUT2D eigenvalue weighted by Crippen LogP contribution is -2.05. The Labute approximate surface area is 95.6 Å². The van der Waals surface area contributed by atoms with Gasteiger partial charge < -0.3 is 4.57 Å². The van der Waals surface area contributed by atoms with E-state index in [2.05, 4.69) is 31.9 Å². The average Bonchev–Trinajstić information content (AvgIpc) is 2.18. The molecule has 4 heteroatoms. The van der Waals surface area contributed by atoms with Crippen molar-refractivity contribution in [3.8, 4) is 0 Å². The van der Waals surface area contributed by atoms with Gasteiger partial charge in [-0.25, -0.2) is 0 Å². The van der Waals surface area contributed by atoms with Crippen molar-refractivity contribution in [2.24, 2.45) is 0 Å². The summed E-state index contributed by atoms with van der Waals surface area (Å²) in [6.45, 7) is 2.02. The second-order valence-electron chi connectivity index (χ2n) is 2.96. The summed E-state index contributed by atoms with van der Waals surface area (Å²) in [6, 6.07) is 7.87.